The summed E-state index contributed by atoms with van der Waals surface area (Å²) in [6.07, 6.45) is 2.38. The highest BCUT2D eigenvalue weighted by Crippen LogP contribution is 2.83. The van der Waals surface area contributed by atoms with Gasteiger partial charge in [-0.2, -0.15) is 0 Å². The van der Waals surface area contributed by atoms with Gasteiger partial charge in [-0.25, -0.2) is 9.59 Å². The lowest BCUT2D eigenvalue weighted by molar-refractivity contribution is -0.236. The molecule has 184 valence electrons. The Morgan fingerprint density at radius 2 is 1.09 bits per heavy atom. The van der Waals surface area contributed by atoms with Crippen LogP contribution in [0.5, 0.6) is 0 Å². The van der Waals surface area contributed by atoms with Crippen LogP contribution in [-0.4, -0.2) is 35.3 Å². The van der Waals surface area contributed by atoms with Gasteiger partial charge in [0, 0.05) is 22.7 Å². The van der Waals surface area contributed by atoms with Crippen molar-refractivity contribution in [3.05, 3.63) is 71.8 Å². The first-order valence-electron chi connectivity index (χ1n) is 12.8. The molecule has 0 spiro atoms. The summed E-state index contributed by atoms with van der Waals surface area (Å²) in [5.74, 6) is -0.128. The molecule has 8 unspecified atom stereocenters. The minimum Gasteiger partial charge on any atom is -0.451 e. The monoisotopic (exact) mass is 474 g/mol. The Balaban J connectivity index is 1.49. The third-order valence-electron chi connectivity index (χ3n) is 11.0. The van der Waals surface area contributed by atoms with Gasteiger partial charge in [-0.3, -0.25) is 0 Å². The second-order valence-corrected chi connectivity index (χ2v) is 11.7. The number of carbonyl (C=O) groups excluding carboxylic acids is 2. The molecule has 2 saturated heterocycles. The largest absolute Gasteiger partial charge is 0.451 e. The van der Waals surface area contributed by atoms with Crippen molar-refractivity contribution in [3.8, 4) is 0 Å². The molecular formula is C30H34O5. The van der Waals surface area contributed by atoms with E-state index in [9.17, 15) is 9.59 Å². The molecule has 2 saturated carbocycles. The summed E-state index contributed by atoms with van der Waals surface area (Å²) in [6.45, 7) is 10.7. The smallest absolute Gasteiger partial charge is 0.338 e. The van der Waals surface area contributed by atoms with Gasteiger partial charge < -0.3 is 14.2 Å². The highest BCUT2D eigenvalue weighted by Gasteiger charge is 2.90. The van der Waals surface area contributed by atoms with Crippen LogP contribution in [0.1, 0.15) is 68.2 Å². The van der Waals surface area contributed by atoms with Gasteiger partial charge in [-0.15, -0.1) is 0 Å². The normalized spacial score (nSPS) is 44.8. The average Bonchev–Trinajstić information content (AvgIpc) is 3.56. The van der Waals surface area contributed by atoms with E-state index in [1.807, 2.05) is 50.2 Å². The highest BCUT2D eigenvalue weighted by molar-refractivity contribution is 5.91. The summed E-state index contributed by atoms with van der Waals surface area (Å²) in [4.78, 5) is 27.1. The number of esters is 2. The van der Waals surface area contributed by atoms with Crippen LogP contribution in [0.3, 0.4) is 0 Å². The second kappa shape index (κ2) is 7.19. The Hall–Kier alpha value is -2.66. The average molecular weight is 475 g/mol. The van der Waals surface area contributed by atoms with E-state index in [-0.39, 0.29) is 41.9 Å². The number of rotatable bonds is 4. The number of ether oxygens (including phenoxy) is 3. The van der Waals surface area contributed by atoms with Gasteiger partial charge >= 0.3 is 11.9 Å². The van der Waals surface area contributed by atoms with Crippen LogP contribution < -0.4 is 0 Å². The predicted octanol–water partition coefficient (Wildman–Crippen LogP) is 5.69. The van der Waals surface area contributed by atoms with Crippen LogP contribution in [0, 0.1) is 28.6 Å². The lowest BCUT2D eigenvalue weighted by atomic mass is 9.51. The molecule has 0 amide bonds. The fourth-order valence-electron chi connectivity index (χ4n) is 8.94. The van der Waals surface area contributed by atoms with Gasteiger partial charge in [-0.05, 0) is 56.9 Å². The van der Waals surface area contributed by atoms with Crippen LogP contribution in [0.15, 0.2) is 60.7 Å². The summed E-state index contributed by atoms with van der Waals surface area (Å²) in [5, 5.41) is 0. The fourth-order valence-corrected chi connectivity index (χ4v) is 8.94. The minimum absolute atomic E-state index is 0.152. The standard InChI is InChI=1S/C30H34O5/c1-18-27(2)23-21-16-17-22(33-21)24(23)28(18,3)30(5,35-26(32)20-14-10-7-11-15-20)29(27,4)34-25(31)19-12-8-6-9-13-19/h6-15,18,21-24H,16-17H2,1-5H3. The van der Waals surface area contributed by atoms with Gasteiger partial charge in [0.2, 0.25) is 0 Å². The topological polar surface area (TPSA) is 61.8 Å². The van der Waals surface area contributed by atoms with E-state index in [0.717, 1.165) is 12.8 Å². The number of hydrogen-bond donors (Lipinski definition) is 0. The molecule has 4 bridgehead atoms. The molecule has 35 heavy (non-hydrogen) atoms. The molecule has 5 nitrogen and oxygen atoms in total. The zero-order valence-corrected chi connectivity index (χ0v) is 21.1. The Morgan fingerprint density at radius 1 is 0.714 bits per heavy atom. The summed E-state index contributed by atoms with van der Waals surface area (Å²) in [6, 6.07) is 18.2. The Morgan fingerprint density at radius 3 is 1.46 bits per heavy atom. The van der Waals surface area contributed by atoms with Crippen molar-refractivity contribution in [1.82, 2.24) is 0 Å². The minimum atomic E-state index is -1.06. The molecule has 2 aromatic rings. The van der Waals surface area contributed by atoms with Crippen molar-refractivity contribution in [2.75, 3.05) is 0 Å². The zero-order valence-electron chi connectivity index (χ0n) is 21.1. The van der Waals surface area contributed by atoms with Crippen molar-refractivity contribution < 1.29 is 23.8 Å². The molecule has 4 fully saturated rings. The quantitative estimate of drug-likeness (QED) is 0.533. The van der Waals surface area contributed by atoms with E-state index in [1.165, 1.54) is 0 Å². The summed E-state index contributed by atoms with van der Waals surface area (Å²) in [5.41, 5.74) is -1.97. The zero-order chi connectivity index (χ0) is 24.8. The van der Waals surface area contributed by atoms with Crippen LogP contribution in [0.2, 0.25) is 0 Å². The van der Waals surface area contributed by atoms with Crippen LogP contribution >= 0.6 is 0 Å². The molecule has 4 aliphatic rings. The number of hydrogen-bond acceptors (Lipinski definition) is 5. The number of carbonyl (C=O) groups is 2. The van der Waals surface area contributed by atoms with Gasteiger partial charge in [0.1, 0.15) is 0 Å². The van der Waals surface area contributed by atoms with Gasteiger partial charge in [0.05, 0.1) is 23.3 Å². The maximum Gasteiger partial charge on any atom is 0.338 e. The van der Waals surface area contributed by atoms with E-state index >= 15 is 0 Å². The van der Waals surface area contributed by atoms with E-state index < -0.39 is 22.0 Å². The fraction of sp³-hybridized carbons (Fsp3) is 0.533. The molecule has 2 aliphatic heterocycles. The molecule has 8 atom stereocenters. The SMILES string of the molecule is CC1C2(C)C3C4CCC(O4)C3C1(C)C(C)(OC(=O)c1ccccc1)C2(C)OC(=O)c1ccccc1. The first-order chi connectivity index (χ1) is 16.6. The van der Waals surface area contributed by atoms with Crippen LogP contribution in [0.25, 0.3) is 0 Å². The molecule has 0 aromatic heterocycles. The molecule has 2 heterocycles. The maximum absolute atomic E-state index is 13.5. The lowest BCUT2D eigenvalue weighted by Gasteiger charge is -2.59. The van der Waals surface area contributed by atoms with Crippen molar-refractivity contribution in [2.45, 2.75) is 70.9 Å². The Bertz CT molecular complexity index is 1090. The van der Waals surface area contributed by atoms with Gasteiger partial charge in [0.15, 0.2) is 11.2 Å². The lowest BCUT2D eigenvalue weighted by Crippen LogP contribution is -2.70. The van der Waals surface area contributed by atoms with E-state index in [4.69, 9.17) is 14.2 Å². The van der Waals surface area contributed by atoms with Gasteiger partial charge in [0.25, 0.3) is 0 Å². The van der Waals surface area contributed by atoms with Crippen molar-refractivity contribution in [1.29, 1.82) is 0 Å². The molecular weight excluding hydrogens is 440 g/mol. The van der Waals surface area contributed by atoms with Gasteiger partial charge in [-0.1, -0.05) is 57.2 Å². The maximum atomic E-state index is 13.5. The Labute approximate surface area is 207 Å². The first-order valence-corrected chi connectivity index (χ1v) is 12.8. The molecule has 5 heteroatoms. The molecule has 0 radical (unpaired) electrons. The Kier molecular flexibility index (Phi) is 4.68. The van der Waals surface area contributed by atoms with Crippen molar-refractivity contribution in [2.24, 2.45) is 28.6 Å². The third-order valence-corrected chi connectivity index (χ3v) is 11.0. The second-order valence-electron chi connectivity index (χ2n) is 11.7. The molecule has 6 rings (SSSR count). The van der Waals surface area contributed by atoms with Crippen molar-refractivity contribution in [3.63, 3.8) is 0 Å². The van der Waals surface area contributed by atoms with E-state index in [0.29, 0.717) is 11.1 Å². The molecule has 0 N–H and O–H groups in total. The molecule has 2 aromatic carbocycles. The number of benzene rings is 2. The van der Waals surface area contributed by atoms with E-state index in [2.05, 4.69) is 20.8 Å². The summed E-state index contributed by atoms with van der Waals surface area (Å²) < 4.78 is 19.6. The van der Waals surface area contributed by atoms with E-state index in [1.54, 1.807) is 24.3 Å². The summed E-state index contributed by atoms with van der Waals surface area (Å²) in [7, 11) is 0. The first kappa shape index (κ1) is 22.8. The highest BCUT2D eigenvalue weighted by atomic mass is 16.6. The van der Waals surface area contributed by atoms with Crippen LogP contribution in [0.4, 0.5) is 0 Å². The molecule has 2 aliphatic carbocycles. The van der Waals surface area contributed by atoms with Crippen molar-refractivity contribution >= 4 is 11.9 Å². The number of fused-ring (bicyclic) bond motifs is 9. The summed E-state index contributed by atoms with van der Waals surface area (Å²) >= 11 is 0. The van der Waals surface area contributed by atoms with Crippen LogP contribution in [-0.2, 0) is 14.2 Å². The third kappa shape index (κ3) is 2.53. The predicted molar refractivity (Wildman–Crippen MR) is 131 cm³/mol.